The molecule has 2 saturated carbocycles. The molecule has 0 radical (unpaired) electrons. The van der Waals surface area contributed by atoms with Crippen LogP contribution in [0.4, 0.5) is 0 Å². The van der Waals surface area contributed by atoms with Crippen LogP contribution in [0.5, 0.6) is 0 Å². The van der Waals surface area contributed by atoms with Crippen LogP contribution < -0.4 is 5.32 Å². The molecule has 1 atom stereocenters. The highest BCUT2D eigenvalue weighted by Gasteiger charge is 2.65. The first-order valence-electron chi connectivity index (χ1n) is 7.25. The first-order valence-corrected chi connectivity index (χ1v) is 7.25. The zero-order valence-corrected chi connectivity index (χ0v) is 12.0. The van der Waals surface area contributed by atoms with E-state index in [0.717, 1.165) is 5.92 Å². The molecule has 3 rings (SSSR count). The minimum absolute atomic E-state index is 0.426. The third-order valence-corrected chi connectivity index (χ3v) is 5.62. The van der Waals surface area contributed by atoms with Crippen molar-refractivity contribution in [3.05, 3.63) is 35.9 Å². The first-order chi connectivity index (χ1) is 8.44. The van der Waals surface area contributed by atoms with Crippen LogP contribution in [0.2, 0.25) is 0 Å². The van der Waals surface area contributed by atoms with E-state index >= 15 is 0 Å². The highest BCUT2D eigenvalue weighted by Crippen LogP contribution is 2.63. The Kier molecular flexibility index (Phi) is 2.60. The molecule has 1 unspecified atom stereocenters. The van der Waals surface area contributed by atoms with E-state index in [1.807, 2.05) is 0 Å². The maximum Gasteiger partial charge on any atom is 0.0351 e. The molecule has 1 N–H and O–H groups in total. The number of hydrogen-bond acceptors (Lipinski definition) is 1. The molecule has 0 aromatic heterocycles. The Bertz CT molecular complexity index is 414. The van der Waals surface area contributed by atoms with Crippen molar-refractivity contribution in [3.63, 3.8) is 0 Å². The molecular formula is C17H25N. The Morgan fingerprint density at radius 2 is 1.56 bits per heavy atom. The van der Waals surface area contributed by atoms with Gasteiger partial charge in [0.25, 0.3) is 0 Å². The Morgan fingerprint density at radius 1 is 1.00 bits per heavy atom. The Labute approximate surface area is 111 Å². The van der Waals surface area contributed by atoms with Crippen molar-refractivity contribution in [3.8, 4) is 0 Å². The molecule has 0 aliphatic heterocycles. The molecule has 1 heteroatoms. The summed E-state index contributed by atoms with van der Waals surface area (Å²) in [6.07, 6.45) is 2.78. The summed E-state index contributed by atoms with van der Waals surface area (Å²) in [4.78, 5) is 0. The fourth-order valence-corrected chi connectivity index (χ4v) is 3.39. The standard InChI is InChI=1S/C17H25N/c1-16(2)15(17(16,3)4)18-14(13-10-11-13)12-8-6-5-7-9-12/h5-9,13-15,18H,10-11H2,1-4H3. The van der Waals surface area contributed by atoms with Gasteiger partial charge in [-0.2, -0.15) is 0 Å². The predicted molar refractivity (Wildman–Crippen MR) is 76.4 cm³/mol. The van der Waals surface area contributed by atoms with Crippen LogP contribution in [0, 0.1) is 16.7 Å². The number of benzene rings is 1. The lowest BCUT2D eigenvalue weighted by molar-refractivity contribution is 0.433. The van der Waals surface area contributed by atoms with Gasteiger partial charge >= 0.3 is 0 Å². The van der Waals surface area contributed by atoms with Crippen LogP contribution in [-0.2, 0) is 0 Å². The molecule has 0 spiro atoms. The lowest BCUT2D eigenvalue weighted by Crippen LogP contribution is -2.29. The van der Waals surface area contributed by atoms with Crippen molar-refractivity contribution in [1.29, 1.82) is 0 Å². The third-order valence-electron chi connectivity index (χ3n) is 5.62. The zero-order chi connectivity index (χ0) is 13.0. The smallest absolute Gasteiger partial charge is 0.0351 e. The summed E-state index contributed by atoms with van der Waals surface area (Å²) in [5.74, 6) is 0.861. The van der Waals surface area contributed by atoms with E-state index < -0.39 is 0 Å². The second kappa shape index (κ2) is 3.84. The maximum absolute atomic E-state index is 3.95. The molecule has 0 saturated heterocycles. The van der Waals surface area contributed by atoms with E-state index in [2.05, 4.69) is 63.3 Å². The average Bonchev–Trinajstić information content (AvgIpc) is 3.20. The first kappa shape index (κ1) is 12.2. The number of hydrogen-bond donors (Lipinski definition) is 1. The topological polar surface area (TPSA) is 12.0 Å². The van der Waals surface area contributed by atoms with Gasteiger partial charge < -0.3 is 5.32 Å². The molecular weight excluding hydrogens is 218 g/mol. The van der Waals surface area contributed by atoms with Crippen LogP contribution in [0.3, 0.4) is 0 Å². The summed E-state index contributed by atoms with van der Waals surface area (Å²) < 4.78 is 0. The molecule has 1 nitrogen and oxygen atoms in total. The Hall–Kier alpha value is -0.820. The van der Waals surface area contributed by atoms with Gasteiger partial charge in [-0.25, -0.2) is 0 Å². The van der Waals surface area contributed by atoms with Gasteiger partial charge in [0.15, 0.2) is 0 Å². The van der Waals surface area contributed by atoms with Crippen LogP contribution >= 0.6 is 0 Å². The van der Waals surface area contributed by atoms with Gasteiger partial charge in [-0.05, 0) is 35.2 Å². The van der Waals surface area contributed by atoms with Crippen LogP contribution in [0.25, 0.3) is 0 Å². The summed E-state index contributed by atoms with van der Waals surface area (Å²) in [5.41, 5.74) is 2.32. The summed E-state index contributed by atoms with van der Waals surface area (Å²) in [6, 6.07) is 12.2. The summed E-state index contributed by atoms with van der Waals surface area (Å²) in [7, 11) is 0. The van der Waals surface area contributed by atoms with E-state index in [0.29, 0.717) is 22.9 Å². The van der Waals surface area contributed by atoms with E-state index in [1.165, 1.54) is 18.4 Å². The lowest BCUT2D eigenvalue weighted by atomic mass is 10.0. The molecule has 2 fully saturated rings. The fourth-order valence-electron chi connectivity index (χ4n) is 3.39. The molecule has 2 aliphatic carbocycles. The minimum atomic E-state index is 0.426. The van der Waals surface area contributed by atoms with Gasteiger partial charge in [-0.3, -0.25) is 0 Å². The third kappa shape index (κ3) is 1.80. The number of rotatable bonds is 4. The van der Waals surface area contributed by atoms with Crippen LogP contribution in [0.15, 0.2) is 30.3 Å². The molecule has 0 amide bonds. The van der Waals surface area contributed by atoms with Gasteiger partial charge in [0.05, 0.1) is 0 Å². The summed E-state index contributed by atoms with van der Waals surface area (Å²) in [5, 5.41) is 3.95. The Morgan fingerprint density at radius 3 is 2.00 bits per heavy atom. The van der Waals surface area contributed by atoms with Crippen molar-refractivity contribution >= 4 is 0 Å². The quantitative estimate of drug-likeness (QED) is 0.837. The molecule has 0 bridgehead atoms. The second-order valence-corrected chi connectivity index (χ2v) is 7.27. The molecule has 2 aliphatic rings. The van der Waals surface area contributed by atoms with Crippen LogP contribution in [0.1, 0.15) is 52.1 Å². The highest BCUT2D eigenvalue weighted by atomic mass is 15.1. The summed E-state index contributed by atoms with van der Waals surface area (Å²) in [6.45, 7) is 9.55. The molecule has 18 heavy (non-hydrogen) atoms. The van der Waals surface area contributed by atoms with Crippen molar-refractivity contribution in [1.82, 2.24) is 5.32 Å². The maximum atomic E-state index is 3.95. The lowest BCUT2D eigenvalue weighted by Gasteiger charge is -2.20. The Balaban J connectivity index is 1.77. The van der Waals surface area contributed by atoms with Crippen molar-refractivity contribution in [2.24, 2.45) is 16.7 Å². The molecule has 0 heterocycles. The van der Waals surface area contributed by atoms with Gasteiger partial charge in [-0.1, -0.05) is 58.0 Å². The summed E-state index contributed by atoms with van der Waals surface area (Å²) >= 11 is 0. The largest absolute Gasteiger partial charge is 0.306 e. The van der Waals surface area contributed by atoms with Crippen molar-refractivity contribution in [2.75, 3.05) is 0 Å². The van der Waals surface area contributed by atoms with Gasteiger partial charge in [0, 0.05) is 12.1 Å². The van der Waals surface area contributed by atoms with E-state index in [4.69, 9.17) is 0 Å². The normalized spacial score (nSPS) is 26.9. The van der Waals surface area contributed by atoms with Gasteiger partial charge in [-0.15, -0.1) is 0 Å². The number of nitrogens with one attached hydrogen (secondary N) is 1. The second-order valence-electron chi connectivity index (χ2n) is 7.27. The zero-order valence-electron chi connectivity index (χ0n) is 12.0. The SMILES string of the molecule is CC1(C)C(NC(c2ccccc2)C2CC2)C1(C)C. The molecule has 1 aromatic carbocycles. The van der Waals surface area contributed by atoms with E-state index in [1.54, 1.807) is 0 Å². The van der Waals surface area contributed by atoms with Crippen LogP contribution in [-0.4, -0.2) is 6.04 Å². The average molecular weight is 243 g/mol. The van der Waals surface area contributed by atoms with Gasteiger partial charge in [0.1, 0.15) is 0 Å². The molecule has 98 valence electrons. The highest BCUT2D eigenvalue weighted by molar-refractivity contribution is 5.25. The van der Waals surface area contributed by atoms with E-state index in [-0.39, 0.29) is 0 Å². The van der Waals surface area contributed by atoms with Gasteiger partial charge in [0.2, 0.25) is 0 Å². The predicted octanol–water partition coefficient (Wildman–Crippen LogP) is 4.16. The fraction of sp³-hybridized carbons (Fsp3) is 0.647. The van der Waals surface area contributed by atoms with Crippen molar-refractivity contribution < 1.29 is 0 Å². The monoisotopic (exact) mass is 243 g/mol. The van der Waals surface area contributed by atoms with E-state index in [9.17, 15) is 0 Å². The van der Waals surface area contributed by atoms with Crippen molar-refractivity contribution in [2.45, 2.75) is 52.6 Å². The molecule has 1 aromatic rings. The minimum Gasteiger partial charge on any atom is -0.306 e.